The lowest BCUT2D eigenvalue weighted by Gasteiger charge is -2.36. The third-order valence-corrected chi connectivity index (χ3v) is 7.11. The SMILES string of the molecule is CCc1nc(C2CCC(C(C)(C)C)CC2)n2nc(-c3ccc(CCC(=O)O)cc3)[nH]c(=O)c12. The Morgan fingerprint density at radius 1 is 1.15 bits per heavy atom. The van der Waals surface area contributed by atoms with E-state index in [9.17, 15) is 9.59 Å². The van der Waals surface area contributed by atoms with Gasteiger partial charge in [0, 0.05) is 17.9 Å². The lowest BCUT2D eigenvalue weighted by atomic mass is 9.70. The third kappa shape index (κ3) is 4.87. The second kappa shape index (κ2) is 9.12. The molecule has 0 amide bonds. The summed E-state index contributed by atoms with van der Waals surface area (Å²) in [6.45, 7) is 8.97. The van der Waals surface area contributed by atoms with Crippen LogP contribution in [-0.4, -0.2) is 30.7 Å². The summed E-state index contributed by atoms with van der Waals surface area (Å²) in [5, 5.41) is 13.7. The lowest BCUT2D eigenvalue weighted by Crippen LogP contribution is -2.26. The van der Waals surface area contributed by atoms with Crippen molar-refractivity contribution in [3.8, 4) is 11.4 Å². The van der Waals surface area contributed by atoms with E-state index in [1.165, 1.54) is 12.8 Å². The number of carboxylic acids is 1. The minimum absolute atomic E-state index is 0.0933. The van der Waals surface area contributed by atoms with Gasteiger partial charge in [-0.25, -0.2) is 9.50 Å². The number of aromatic nitrogens is 4. The fraction of sp³-hybridized carbons (Fsp3) is 0.538. The number of imidazole rings is 1. The zero-order valence-corrected chi connectivity index (χ0v) is 20.0. The van der Waals surface area contributed by atoms with Crippen LogP contribution >= 0.6 is 0 Å². The summed E-state index contributed by atoms with van der Waals surface area (Å²) >= 11 is 0. The van der Waals surface area contributed by atoms with Crippen molar-refractivity contribution in [3.05, 3.63) is 51.7 Å². The van der Waals surface area contributed by atoms with E-state index in [1.54, 1.807) is 4.52 Å². The van der Waals surface area contributed by atoms with E-state index >= 15 is 0 Å². The van der Waals surface area contributed by atoms with Gasteiger partial charge in [0.25, 0.3) is 5.56 Å². The van der Waals surface area contributed by atoms with Crippen molar-refractivity contribution in [1.29, 1.82) is 0 Å². The molecule has 33 heavy (non-hydrogen) atoms. The molecule has 2 aromatic heterocycles. The van der Waals surface area contributed by atoms with Crippen molar-refractivity contribution in [1.82, 2.24) is 19.6 Å². The van der Waals surface area contributed by atoms with Crippen LogP contribution in [0.2, 0.25) is 0 Å². The molecule has 7 nitrogen and oxygen atoms in total. The van der Waals surface area contributed by atoms with E-state index < -0.39 is 5.97 Å². The van der Waals surface area contributed by atoms with Gasteiger partial charge in [0.05, 0.1) is 5.69 Å². The first kappa shape index (κ1) is 23.2. The molecule has 176 valence electrons. The molecule has 0 saturated heterocycles. The van der Waals surface area contributed by atoms with Crippen molar-refractivity contribution >= 4 is 11.5 Å². The summed E-state index contributed by atoms with van der Waals surface area (Å²) in [5.74, 6) is 1.60. The highest BCUT2D eigenvalue weighted by Crippen LogP contribution is 2.43. The predicted molar refractivity (Wildman–Crippen MR) is 129 cm³/mol. The van der Waals surface area contributed by atoms with E-state index in [-0.39, 0.29) is 12.0 Å². The second-order valence-corrected chi connectivity index (χ2v) is 10.3. The molecular formula is C26H34N4O3. The summed E-state index contributed by atoms with van der Waals surface area (Å²) in [5.41, 5.74) is 3.22. The average molecular weight is 451 g/mol. The number of aliphatic carboxylic acids is 1. The maximum absolute atomic E-state index is 13.1. The number of benzene rings is 1. The maximum atomic E-state index is 13.1. The van der Waals surface area contributed by atoms with Gasteiger partial charge in [0.2, 0.25) is 0 Å². The number of aromatic amines is 1. The fourth-order valence-electron chi connectivity index (χ4n) is 5.03. The van der Waals surface area contributed by atoms with Crippen molar-refractivity contribution in [2.24, 2.45) is 11.3 Å². The zero-order chi connectivity index (χ0) is 23.8. The van der Waals surface area contributed by atoms with Crippen LogP contribution in [0.5, 0.6) is 0 Å². The highest BCUT2D eigenvalue weighted by atomic mass is 16.4. The highest BCUT2D eigenvalue weighted by Gasteiger charge is 2.32. The number of hydrogen-bond donors (Lipinski definition) is 2. The Morgan fingerprint density at radius 2 is 1.82 bits per heavy atom. The molecule has 0 spiro atoms. The Labute approximate surface area is 194 Å². The van der Waals surface area contributed by atoms with E-state index in [0.717, 1.165) is 35.5 Å². The first-order chi connectivity index (χ1) is 15.7. The zero-order valence-electron chi connectivity index (χ0n) is 20.0. The Kier molecular flexibility index (Phi) is 6.41. The quantitative estimate of drug-likeness (QED) is 0.551. The Bertz CT molecular complexity index is 1190. The number of H-pyrrole nitrogens is 1. The van der Waals surface area contributed by atoms with Crippen LogP contribution in [0, 0.1) is 11.3 Å². The monoisotopic (exact) mass is 450 g/mol. The molecule has 0 aliphatic heterocycles. The number of hydrogen-bond acceptors (Lipinski definition) is 4. The van der Waals surface area contributed by atoms with Crippen LogP contribution in [-0.2, 0) is 17.6 Å². The highest BCUT2D eigenvalue weighted by molar-refractivity contribution is 5.67. The first-order valence-electron chi connectivity index (χ1n) is 12.0. The number of nitrogens with zero attached hydrogens (tertiary/aromatic N) is 3. The fourth-order valence-corrected chi connectivity index (χ4v) is 5.03. The predicted octanol–water partition coefficient (Wildman–Crippen LogP) is 4.98. The van der Waals surface area contributed by atoms with Gasteiger partial charge in [-0.05, 0) is 55.4 Å². The number of carboxylic acid groups (broad SMARTS) is 1. The number of nitrogens with one attached hydrogen (secondary N) is 1. The minimum atomic E-state index is -0.813. The van der Waals surface area contributed by atoms with Crippen LogP contribution < -0.4 is 5.56 Å². The van der Waals surface area contributed by atoms with Crippen LogP contribution in [0.1, 0.15) is 82.8 Å². The summed E-state index contributed by atoms with van der Waals surface area (Å²) in [6, 6.07) is 7.55. The van der Waals surface area contributed by atoms with Crippen molar-refractivity contribution in [2.75, 3.05) is 0 Å². The minimum Gasteiger partial charge on any atom is -0.481 e. The van der Waals surface area contributed by atoms with Gasteiger partial charge in [-0.1, -0.05) is 52.0 Å². The smallest absolute Gasteiger partial charge is 0.303 e. The normalized spacial score (nSPS) is 19.2. The summed E-state index contributed by atoms with van der Waals surface area (Å²) in [4.78, 5) is 31.7. The van der Waals surface area contributed by atoms with Gasteiger partial charge < -0.3 is 10.1 Å². The lowest BCUT2D eigenvalue weighted by molar-refractivity contribution is -0.136. The molecule has 2 N–H and O–H groups in total. The van der Waals surface area contributed by atoms with E-state index in [4.69, 9.17) is 15.2 Å². The topological polar surface area (TPSA) is 100 Å². The molecule has 2 heterocycles. The molecule has 3 aromatic rings. The Hall–Kier alpha value is -2.96. The maximum Gasteiger partial charge on any atom is 0.303 e. The van der Waals surface area contributed by atoms with Crippen molar-refractivity contribution in [3.63, 3.8) is 0 Å². The molecule has 1 fully saturated rings. The molecule has 1 aliphatic carbocycles. The molecule has 1 aliphatic rings. The summed E-state index contributed by atoms with van der Waals surface area (Å²) in [7, 11) is 0. The number of rotatable bonds is 6. The largest absolute Gasteiger partial charge is 0.481 e. The molecular weight excluding hydrogens is 416 g/mol. The van der Waals surface area contributed by atoms with Gasteiger partial charge in [-0.15, -0.1) is 5.10 Å². The molecule has 0 unspecified atom stereocenters. The molecule has 0 atom stereocenters. The van der Waals surface area contributed by atoms with Gasteiger partial charge in [-0.3, -0.25) is 9.59 Å². The standard InChI is InChI=1S/C26H34N4O3/c1-5-20-22-25(33)28-23(17-9-6-16(7-10-17)8-15-21(31)32)29-30(22)24(27-20)18-11-13-19(14-12-18)26(2,3)4/h6-7,9-10,18-19H,5,8,11-15H2,1-4H3,(H,31,32)(H,28,29,33). The number of aryl methyl sites for hydroxylation is 2. The number of fused-ring (bicyclic) bond motifs is 1. The van der Waals surface area contributed by atoms with Crippen LogP contribution in [0.4, 0.5) is 0 Å². The molecule has 1 saturated carbocycles. The number of carbonyl (C=O) groups is 1. The van der Waals surface area contributed by atoms with Gasteiger partial charge in [-0.2, -0.15) is 0 Å². The first-order valence-corrected chi connectivity index (χ1v) is 12.0. The van der Waals surface area contributed by atoms with Crippen molar-refractivity contribution in [2.45, 2.75) is 78.6 Å². The van der Waals surface area contributed by atoms with Gasteiger partial charge >= 0.3 is 5.97 Å². The second-order valence-electron chi connectivity index (χ2n) is 10.3. The molecule has 1 aromatic carbocycles. The van der Waals surface area contributed by atoms with Crippen LogP contribution in [0.15, 0.2) is 29.1 Å². The molecule has 0 bridgehead atoms. The van der Waals surface area contributed by atoms with E-state index in [1.807, 2.05) is 31.2 Å². The van der Waals surface area contributed by atoms with E-state index in [2.05, 4.69) is 25.8 Å². The molecule has 4 rings (SSSR count). The van der Waals surface area contributed by atoms with Crippen molar-refractivity contribution < 1.29 is 9.90 Å². The van der Waals surface area contributed by atoms with Gasteiger partial charge in [0.15, 0.2) is 11.3 Å². The molecule has 0 radical (unpaired) electrons. The average Bonchev–Trinajstić information content (AvgIpc) is 3.17. The molecule has 7 heteroatoms. The Morgan fingerprint density at radius 3 is 2.39 bits per heavy atom. The van der Waals surface area contributed by atoms with Gasteiger partial charge in [0.1, 0.15) is 5.82 Å². The summed E-state index contributed by atoms with van der Waals surface area (Å²) in [6.07, 6.45) is 5.70. The van der Waals surface area contributed by atoms with E-state index in [0.29, 0.717) is 41.4 Å². The van der Waals surface area contributed by atoms with Crippen LogP contribution in [0.25, 0.3) is 16.9 Å². The summed E-state index contributed by atoms with van der Waals surface area (Å²) < 4.78 is 1.79. The third-order valence-electron chi connectivity index (χ3n) is 7.11. The van der Waals surface area contributed by atoms with Crippen LogP contribution in [0.3, 0.4) is 0 Å². The Balaban J connectivity index is 1.67.